The van der Waals surface area contributed by atoms with Gasteiger partial charge in [-0.3, -0.25) is 4.79 Å². The Bertz CT molecular complexity index is 1130. The first-order chi connectivity index (χ1) is 15.4. The van der Waals surface area contributed by atoms with Crippen molar-refractivity contribution in [1.82, 2.24) is 14.2 Å². The van der Waals surface area contributed by atoms with Crippen LogP contribution in [0.5, 0.6) is 0 Å². The zero-order chi connectivity index (χ0) is 22.8. The minimum Gasteiger partial charge on any atom is -0.366 e. The standard InChI is InChI=1S/C25H32N4O2S/c1-4-32(31)29-11-9-19(10-12-29)23-15-27-24-21(23)13-20(14-22(24)25(26)30)18-7-5-17(6-8-18)16-28(2)3/h5-8,13-15,19,27H,4,9-12,16H2,1-3H3,(H2,26,30). The number of hydrogen-bond acceptors (Lipinski definition) is 3. The van der Waals surface area contributed by atoms with Crippen molar-refractivity contribution < 1.29 is 9.00 Å². The van der Waals surface area contributed by atoms with Gasteiger partial charge in [0.2, 0.25) is 0 Å². The van der Waals surface area contributed by atoms with Crippen LogP contribution < -0.4 is 5.73 Å². The van der Waals surface area contributed by atoms with E-state index < -0.39 is 16.9 Å². The van der Waals surface area contributed by atoms with Crippen molar-refractivity contribution in [2.24, 2.45) is 5.73 Å². The third-order valence-electron chi connectivity index (χ3n) is 6.30. The summed E-state index contributed by atoms with van der Waals surface area (Å²) in [5.41, 5.74) is 11.6. The van der Waals surface area contributed by atoms with E-state index in [0.29, 0.717) is 17.2 Å². The van der Waals surface area contributed by atoms with Crippen LogP contribution in [-0.2, 0) is 17.5 Å². The highest BCUT2D eigenvalue weighted by Crippen LogP contribution is 2.37. The van der Waals surface area contributed by atoms with Crippen molar-refractivity contribution >= 4 is 27.8 Å². The molecule has 3 aromatic rings. The zero-order valence-electron chi connectivity index (χ0n) is 19.1. The van der Waals surface area contributed by atoms with E-state index in [1.54, 1.807) is 0 Å². The van der Waals surface area contributed by atoms with Crippen LogP contribution in [0.3, 0.4) is 0 Å². The Balaban J connectivity index is 1.69. The van der Waals surface area contributed by atoms with Gasteiger partial charge in [0.25, 0.3) is 5.91 Å². The van der Waals surface area contributed by atoms with Crippen LogP contribution in [0.2, 0.25) is 0 Å². The maximum Gasteiger partial charge on any atom is 0.250 e. The molecule has 1 fully saturated rings. The Hall–Kier alpha value is -2.48. The molecule has 1 aliphatic rings. The average molecular weight is 453 g/mol. The van der Waals surface area contributed by atoms with Crippen LogP contribution >= 0.6 is 0 Å². The summed E-state index contributed by atoms with van der Waals surface area (Å²) < 4.78 is 14.2. The Labute approximate surface area is 192 Å². The van der Waals surface area contributed by atoms with E-state index in [-0.39, 0.29) is 0 Å². The molecule has 2 aromatic carbocycles. The molecule has 3 N–H and O–H groups in total. The molecule has 1 unspecified atom stereocenters. The molecule has 4 rings (SSSR count). The van der Waals surface area contributed by atoms with Gasteiger partial charge in [0, 0.05) is 37.0 Å². The van der Waals surface area contributed by atoms with Gasteiger partial charge in [-0.25, -0.2) is 8.51 Å². The molecule has 0 spiro atoms. The third kappa shape index (κ3) is 4.65. The van der Waals surface area contributed by atoms with Gasteiger partial charge in [-0.2, -0.15) is 0 Å². The molecule has 1 saturated heterocycles. The van der Waals surface area contributed by atoms with Crippen molar-refractivity contribution in [3.8, 4) is 11.1 Å². The highest BCUT2D eigenvalue weighted by molar-refractivity contribution is 7.82. The fourth-order valence-electron chi connectivity index (χ4n) is 4.67. The topological polar surface area (TPSA) is 82.4 Å². The molecule has 6 nitrogen and oxygen atoms in total. The number of rotatable bonds is 7. The summed E-state index contributed by atoms with van der Waals surface area (Å²) >= 11 is 0. The monoisotopic (exact) mass is 452 g/mol. The first-order valence-corrected chi connectivity index (χ1v) is 12.5. The summed E-state index contributed by atoms with van der Waals surface area (Å²) in [6.45, 7) is 4.50. The number of aromatic nitrogens is 1. The van der Waals surface area contributed by atoms with Gasteiger partial charge in [-0.1, -0.05) is 31.2 Å². The number of fused-ring (bicyclic) bond motifs is 1. The number of carbonyl (C=O) groups is 1. The lowest BCUT2D eigenvalue weighted by molar-refractivity contribution is 0.100. The number of H-pyrrole nitrogens is 1. The Morgan fingerprint density at radius 1 is 1.16 bits per heavy atom. The first-order valence-electron chi connectivity index (χ1n) is 11.2. The number of nitrogens with two attached hydrogens (primary N) is 1. The maximum atomic E-state index is 12.3. The normalized spacial score (nSPS) is 16.6. The van der Waals surface area contributed by atoms with Crippen molar-refractivity contribution in [2.75, 3.05) is 32.9 Å². The van der Waals surface area contributed by atoms with Crippen LogP contribution in [0.25, 0.3) is 22.0 Å². The SMILES string of the molecule is CCS(=O)N1CCC(c2c[nH]c3c(C(N)=O)cc(-c4ccc(CN(C)C)cc4)cc23)CC1. The quantitative estimate of drug-likeness (QED) is 0.571. The second kappa shape index (κ2) is 9.57. The predicted molar refractivity (Wildman–Crippen MR) is 132 cm³/mol. The lowest BCUT2D eigenvalue weighted by Crippen LogP contribution is -2.35. The number of nitrogens with one attached hydrogen (secondary N) is 1. The lowest BCUT2D eigenvalue weighted by atomic mass is 9.88. The largest absolute Gasteiger partial charge is 0.366 e. The zero-order valence-corrected chi connectivity index (χ0v) is 19.9. The molecule has 170 valence electrons. The molecule has 1 atom stereocenters. The number of hydrogen-bond donors (Lipinski definition) is 2. The minimum absolute atomic E-state index is 0.368. The molecule has 0 saturated carbocycles. The van der Waals surface area contributed by atoms with Crippen LogP contribution in [0.4, 0.5) is 0 Å². The lowest BCUT2D eigenvalue weighted by Gasteiger charge is -2.30. The summed E-state index contributed by atoms with van der Waals surface area (Å²) in [5.74, 6) is 0.603. The Morgan fingerprint density at radius 3 is 2.44 bits per heavy atom. The number of aromatic amines is 1. The van der Waals surface area contributed by atoms with E-state index in [0.717, 1.165) is 54.5 Å². The Kier molecular flexibility index (Phi) is 6.79. The van der Waals surface area contributed by atoms with E-state index in [4.69, 9.17) is 5.73 Å². The third-order valence-corrected chi connectivity index (χ3v) is 7.74. The molecule has 0 aliphatic carbocycles. The van der Waals surface area contributed by atoms with Crippen molar-refractivity contribution in [1.29, 1.82) is 0 Å². The fraction of sp³-hybridized carbons (Fsp3) is 0.400. The first kappa shape index (κ1) is 22.7. The number of nitrogens with zero attached hydrogens (tertiary/aromatic N) is 2. The molecule has 0 bridgehead atoms. The van der Waals surface area contributed by atoms with E-state index in [9.17, 15) is 9.00 Å². The number of benzene rings is 2. The molecule has 32 heavy (non-hydrogen) atoms. The van der Waals surface area contributed by atoms with Gasteiger partial charge in [0.1, 0.15) is 0 Å². The fourth-order valence-corrected chi connectivity index (χ4v) is 5.66. The van der Waals surface area contributed by atoms with Crippen LogP contribution in [0, 0.1) is 0 Å². The van der Waals surface area contributed by atoms with Gasteiger partial charge in [0.15, 0.2) is 0 Å². The summed E-state index contributed by atoms with van der Waals surface area (Å²) in [4.78, 5) is 17.7. The number of piperidine rings is 1. The number of amides is 1. The van der Waals surface area contributed by atoms with Crippen molar-refractivity contribution in [3.05, 3.63) is 59.3 Å². The van der Waals surface area contributed by atoms with Gasteiger partial charge in [0.05, 0.1) is 22.1 Å². The number of carbonyl (C=O) groups excluding carboxylic acids is 1. The van der Waals surface area contributed by atoms with Crippen LogP contribution in [0.15, 0.2) is 42.6 Å². The van der Waals surface area contributed by atoms with E-state index >= 15 is 0 Å². The predicted octanol–water partition coefficient (Wildman–Crippen LogP) is 3.86. The van der Waals surface area contributed by atoms with Crippen molar-refractivity contribution in [3.63, 3.8) is 0 Å². The molecular formula is C25H32N4O2S. The summed E-state index contributed by atoms with van der Waals surface area (Å²) in [6.07, 6.45) is 3.93. The van der Waals surface area contributed by atoms with Gasteiger partial charge >= 0.3 is 0 Å². The van der Waals surface area contributed by atoms with Crippen LogP contribution in [-0.4, -0.2) is 57.2 Å². The molecule has 1 aliphatic heterocycles. The molecule has 7 heteroatoms. The smallest absolute Gasteiger partial charge is 0.250 e. The summed E-state index contributed by atoms with van der Waals surface area (Å²) in [6, 6.07) is 12.5. The molecule has 0 radical (unpaired) electrons. The maximum absolute atomic E-state index is 12.3. The summed E-state index contributed by atoms with van der Waals surface area (Å²) in [7, 11) is 3.22. The highest BCUT2D eigenvalue weighted by Gasteiger charge is 2.26. The minimum atomic E-state index is -0.885. The second-order valence-corrected chi connectivity index (χ2v) is 10.5. The van der Waals surface area contributed by atoms with E-state index in [1.165, 1.54) is 11.1 Å². The van der Waals surface area contributed by atoms with Gasteiger partial charge < -0.3 is 15.6 Å². The molecule has 1 amide bonds. The highest BCUT2D eigenvalue weighted by atomic mass is 32.2. The molecule has 1 aromatic heterocycles. The second-order valence-electron chi connectivity index (χ2n) is 8.80. The van der Waals surface area contributed by atoms with E-state index in [1.807, 2.05) is 19.2 Å². The number of primary amides is 1. The van der Waals surface area contributed by atoms with Crippen LogP contribution in [0.1, 0.15) is 47.2 Å². The van der Waals surface area contributed by atoms with E-state index in [2.05, 4.69) is 58.6 Å². The van der Waals surface area contributed by atoms with Gasteiger partial charge in [-0.15, -0.1) is 0 Å². The van der Waals surface area contributed by atoms with Gasteiger partial charge in [-0.05, 0) is 67.2 Å². The Morgan fingerprint density at radius 2 is 1.84 bits per heavy atom. The molecular weight excluding hydrogens is 420 g/mol. The summed E-state index contributed by atoms with van der Waals surface area (Å²) in [5, 5.41) is 1.06. The van der Waals surface area contributed by atoms with Crippen molar-refractivity contribution in [2.45, 2.75) is 32.2 Å². The molecule has 2 heterocycles. The average Bonchev–Trinajstić information content (AvgIpc) is 3.22.